The molecule has 182 valence electrons. The van der Waals surface area contributed by atoms with E-state index in [9.17, 15) is 32.5 Å². The molecule has 18 heteroatoms. The third-order valence-corrected chi connectivity index (χ3v) is 7.01. The molecule has 0 bridgehead atoms. The van der Waals surface area contributed by atoms with E-state index in [1.54, 1.807) is 0 Å². The first-order valence-corrected chi connectivity index (χ1v) is 11.9. The minimum absolute atomic E-state index is 0.0360. The van der Waals surface area contributed by atoms with Crippen LogP contribution in [0.15, 0.2) is 23.2 Å². The van der Waals surface area contributed by atoms with Crippen LogP contribution in [0.25, 0.3) is 0 Å². The number of oxime groups is 1. The summed E-state index contributed by atoms with van der Waals surface area (Å²) in [6, 6.07) is -2.62. The minimum atomic E-state index is -4.92. The zero-order valence-corrected chi connectivity index (χ0v) is 18.8. The number of carboxylic acid groups (broad SMARTS) is 1. The smallest absolute Gasteiger partial charge is 0.362 e. The summed E-state index contributed by atoms with van der Waals surface area (Å²) in [6.07, 6.45) is 3.40. The maximum absolute atomic E-state index is 13.0. The Bertz CT molecular complexity index is 1250. The maximum atomic E-state index is 13.0. The standard InChI is InChI=1S/C16H18N8O8S2/c17-15-20-8(5-33-15)10(22-32-16(14(27)28)2-1-3-16)12(25)21-11-9(4-23-7-18-6-19-23)24(13(11)26)34(29,30)31/h5-7,9,11H,1-4H2,(H2,17,20)(H,21,25)(H,27,28)(H,29,30,31). The minimum Gasteiger partial charge on any atom is -0.478 e. The van der Waals surface area contributed by atoms with Crippen LogP contribution in [0.1, 0.15) is 25.0 Å². The van der Waals surface area contributed by atoms with Crippen molar-refractivity contribution < 1.29 is 37.3 Å². The Kier molecular flexibility index (Phi) is 5.96. The van der Waals surface area contributed by atoms with Crippen molar-refractivity contribution in [2.24, 2.45) is 5.16 Å². The Morgan fingerprint density at radius 1 is 1.41 bits per heavy atom. The van der Waals surface area contributed by atoms with Crippen molar-refractivity contribution in [3.8, 4) is 0 Å². The summed E-state index contributed by atoms with van der Waals surface area (Å²) in [5.74, 6) is -3.34. The SMILES string of the molecule is Nc1nc(C(=NOC2(C(=O)O)CCC2)C(=O)NC2C(=O)N(S(=O)(=O)O)C2Cn2cncn2)cs1. The van der Waals surface area contributed by atoms with E-state index in [0.29, 0.717) is 6.42 Å². The van der Waals surface area contributed by atoms with E-state index >= 15 is 0 Å². The van der Waals surface area contributed by atoms with Gasteiger partial charge in [0.1, 0.15) is 24.4 Å². The van der Waals surface area contributed by atoms with Gasteiger partial charge in [-0.1, -0.05) is 5.16 Å². The van der Waals surface area contributed by atoms with Gasteiger partial charge in [-0.25, -0.2) is 19.1 Å². The largest absolute Gasteiger partial charge is 0.478 e. The molecule has 1 saturated heterocycles. The molecule has 0 aromatic carbocycles. The molecule has 5 N–H and O–H groups in total. The van der Waals surface area contributed by atoms with E-state index in [0.717, 1.165) is 11.3 Å². The average molecular weight is 515 g/mol. The van der Waals surface area contributed by atoms with Crippen molar-refractivity contribution in [3.63, 3.8) is 0 Å². The third kappa shape index (κ3) is 4.29. The summed E-state index contributed by atoms with van der Waals surface area (Å²) < 4.78 is 34.1. The molecule has 1 aliphatic carbocycles. The van der Waals surface area contributed by atoms with Crippen molar-refractivity contribution in [2.75, 3.05) is 5.73 Å². The van der Waals surface area contributed by atoms with Gasteiger partial charge in [0.15, 0.2) is 10.8 Å². The molecule has 2 unspecified atom stereocenters. The molecule has 2 aliphatic rings. The van der Waals surface area contributed by atoms with Gasteiger partial charge < -0.3 is 21.0 Å². The second-order valence-electron chi connectivity index (χ2n) is 7.50. The van der Waals surface area contributed by atoms with Crippen molar-refractivity contribution in [1.82, 2.24) is 29.4 Å². The molecule has 1 aliphatic heterocycles. The van der Waals surface area contributed by atoms with Gasteiger partial charge in [0.2, 0.25) is 5.60 Å². The first-order chi connectivity index (χ1) is 16.0. The number of hydrogen-bond acceptors (Lipinski definition) is 12. The summed E-state index contributed by atoms with van der Waals surface area (Å²) in [7, 11) is -4.92. The highest BCUT2D eigenvalue weighted by atomic mass is 32.2. The number of carboxylic acids is 1. The number of anilines is 1. The summed E-state index contributed by atoms with van der Waals surface area (Å²) in [5.41, 5.74) is 3.54. The molecular formula is C16H18N8O8S2. The lowest BCUT2D eigenvalue weighted by molar-refractivity contribution is -0.178. The fourth-order valence-corrected chi connectivity index (χ4v) is 4.86. The maximum Gasteiger partial charge on any atom is 0.362 e. The summed E-state index contributed by atoms with van der Waals surface area (Å²) in [6.45, 7) is -0.217. The van der Waals surface area contributed by atoms with Gasteiger partial charge in [-0.2, -0.15) is 13.5 Å². The Hall–Kier alpha value is -3.64. The number of aliphatic carboxylic acids is 1. The molecule has 3 heterocycles. The first kappa shape index (κ1) is 23.5. The predicted octanol–water partition coefficient (Wildman–Crippen LogP) is -1.76. The van der Waals surface area contributed by atoms with Crippen LogP contribution in [0.5, 0.6) is 0 Å². The van der Waals surface area contributed by atoms with E-state index in [2.05, 4.69) is 25.5 Å². The van der Waals surface area contributed by atoms with Crippen LogP contribution in [0.4, 0.5) is 5.13 Å². The van der Waals surface area contributed by atoms with Crippen molar-refractivity contribution >= 4 is 50.3 Å². The quantitative estimate of drug-likeness (QED) is 0.126. The van der Waals surface area contributed by atoms with Crippen LogP contribution >= 0.6 is 11.3 Å². The number of rotatable bonds is 9. The second-order valence-corrected chi connectivity index (χ2v) is 9.68. The molecule has 2 aromatic rings. The number of carbonyl (C=O) groups excluding carboxylic acids is 2. The Morgan fingerprint density at radius 2 is 2.15 bits per heavy atom. The monoisotopic (exact) mass is 514 g/mol. The number of thiazole rings is 1. The molecule has 0 spiro atoms. The van der Waals surface area contributed by atoms with Crippen LogP contribution in [0, 0.1) is 0 Å². The predicted molar refractivity (Wildman–Crippen MR) is 113 cm³/mol. The van der Waals surface area contributed by atoms with Crippen LogP contribution in [0.3, 0.4) is 0 Å². The Labute approximate surface area is 195 Å². The van der Waals surface area contributed by atoms with Crippen LogP contribution in [-0.4, -0.2) is 83.3 Å². The zero-order valence-electron chi connectivity index (χ0n) is 17.1. The average Bonchev–Trinajstić information content (AvgIpc) is 3.38. The van der Waals surface area contributed by atoms with E-state index in [1.807, 2.05) is 0 Å². The number of nitrogen functional groups attached to an aromatic ring is 1. The molecule has 1 saturated carbocycles. The van der Waals surface area contributed by atoms with E-state index < -0.39 is 51.5 Å². The van der Waals surface area contributed by atoms with Crippen molar-refractivity contribution in [2.45, 2.75) is 43.5 Å². The topological polar surface area (TPSA) is 232 Å². The van der Waals surface area contributed by atoms with Crippen LogP contribution < -0.4 is 11.1 Å². The number of nitrogens with zero attached hydrogens (tertiary/aromatic N) is 6. The highest BCUT2D eigenvalue weighted by Crippen LogP contribution is 2.36. The number of nitrogens with one attached hydrogen (secondary N) is 1. The molecule has 2 amide bonds. The van der Waals surface area contributed by atoms with Gasteiger partial charge in [0, 0.05) is 18.2 Å². The van der Waals surface area contributed by atoms with E-state index in [1.165, 1.54) is 22.7 Å². The van der Waals surface area contributed by atoms with E-state index in [-0.39, 0.29) is 34.5 Å². The molecule has 0 radical (unpaired) electrons. The highest BCUT2D eigenvalue weighted by Gasteiger charge is 2.54. The number of amides is 2. The Morgan fingerprint density at radius 3 is 2.65 bits per heavy atom. The Balaban J connectivity index is 1.59. The lowest BCUT2D eigenvalue weighted by atomic mass is 9.80. The summed E-state index contributed by atoms with van der Waals surface area (Å²) >= 11 is 0.984. The summed E-state index contributed by atoms with van der Waals surface area (Å²) in [4.78, 5) is 49.9. The second kappa shape index (κ2) is 8.61. The van der Waals surface area contributed by atoms with Crippen LogP contribution in [-0.2, 0) is 36.1 Å². The molecule has 2 atom stereocenters. The lowest BCUT2D eigenvalue weighted by Gasteiger charge is -2.43. The summed E-state index contributed by atoms with van der Waals surface area (Å²) in [5, 5.41) is 20.8. The van der Waals surface area contributed by atoms with Crippen molar-refractivity contribution in [1.29, 1.82) is 0 Å². The number of β-lactam (4-membered cyclic amide) rings is 1. The van der Waals surface area contributed by atoms with Gasteiger partial charge in [-0.3, -0.25) is 18.8 Å². The number of aromatic nitrogens is 4. The highest BCUT2D eigenvalue weighted by molar-refractivity contribution is 7.84. The molecule has 34 heavy (non-hydrogen) atoms. The van der Waals surface area contributed by atoms with Gasteiger partial charge in [0.05, 0.1) is 12.6 Å². The van der Waals surface area contributed by atoms with Crippen molar-refractivity contribution in [3.05, 3.63) is 23.7 Å². The van der Waals surface area contributed by atoms with Gasteiger partial charge in [-0.05, 0) is 6.42 Å². The number of carbonyl (C=O) groups is 3. The first-order valence-electron chi connectivity index (χ1n) is 9.67. The molecule has 16 nitrogen and oxygen atoms in total. The molecule has 2 aromatic heterocycles. The van der Waals surface area contributed by atoms with Gasteiger partial charge in [-0.15, -0.1) is 11.3 Å². The fraction of sp³-hybridized carbons (Fsp3) is 0.438. The molecule has 4 rings (SSSR count). The molecular weight excluding hydrogens is 496 g/mol. The number of hydrogen-bond donors (Lipinski definition) is 4. The molecule has 2 fully saturated rings. The van der Waals surface area contributed by atoms with Gasteiger partial charge >= 0.3 is 16.3 Å². The zero-order chi connectivity index (χ0) is 24.7. The van der Waals surface area contributed by atoms with Crippen LogP contribution in [0.2, 0.25) is 0 Å². The fourth-order valence-electron chi connectivity index (χ4n) is 3.44. The van der Waals surface area contributed by atoms with Gasteiger partial charge in [0.25, 0.3) is 11.8 Å². The lowest BCUT2D eigenvalue weighted by Crippen LogP contribution is -2.73. The third-order valence-electron chi connectivity index (χ3n) is 5.39. The number of nitrogens with two attached hydrogens (primary N) is 1. The normalized spacial score (nSPS) is 22.0. The van der Waals surface area contributed by atoms with E-state index in [4.69, 9.17) is 10.6 Å².